The number of carboxylic acids is 1. The molecule has 7 N–H and O–H groups in total. The van der Waals surface area contributed by atoms with Gasteiger partial charge in [-0.3, -0.25) is 34.1 Å². The smallest absolute Gasteiger partial charge is 0.413 e. The second-order valence-electron chi connectivity index (χ2n) is 18.7. The summed E-state index contributed by atoms with van der Waals surface area (Å²) < 4.78 is 18.7. The van der Waals surface area contributed by atoms with Crippen LogP contribution in [0.4, 0.5) is 16.3 Å². The van der Waals surface area contributed by atoms with Crippen LogP contribution in [0.1, 0.15) is 80.4 Å². The first-order chi connectivity index (χ1) is 33.0. The van der Waals surface area contributed by atoms with Crippen molar-refractivity contribution in [2.24, 2.45) is 28.6 Å². The average molecular weight is 1030 g/mol. The predicted octanol–water partition coefficient (Wildman–Crippen LogP) is 4.88. The normalized spacial score (nSPS) is 29.0. The van der Waals surface area contributed by atoms with Gasteiger partial charge in [0.25, 0.3) is 0 Å². The fourth-order valence-electron chi connectivity index (χ4n) is 11.5. The average Bonchev–Trinajstić information content (AvgIpc) is 4.01. The number of hydrogen-bond acceptors (Lipinski definition) is 14. The summed E-state index contributed by atoms with van der Waals surface area (Å²) in [7, 11) is 0. The molecule has 0 unspecified atom stereocenters. The van der Waals surface area contributed by atoms with E-state index < -0.39 is 89.7 Å². The Kier molecular flexibility index (Phi) is 14.7. The minimum atomic E-state index is -1.46. The molecule has 10 atom stereocenters. The number of hydrogen-bond donors (Lipinski definition) is 7. The van der Waals surface area contributed by atoms with E-state index >= 15 is 0 Å². The van der Waals surface area contributed by atoms with Gasteiger partial charge in [-0.2, -0.15) is 0 Å². The third-order valence-electron chi connectivity index (χ3n) is 14.6. The van der Waals surface area contributed by atoms with E-state index in [2.05, 4.69) is 49.1 Å². The van der Waals surface area contributed by atoms with E-state index in [-0.39, 0.29) is 54.7 Å². The Balaban J connectivity index is 0.827. The van der Waals surface area contributed by atoms with Crippen molar-refractivity contribution in [2.75, 3.05) is 29.1 Å². The number of ketones is 2. The maximum Gasteiger partial charge on any atom is 0.413 e. The van der Waals surface area contributed by atoms with E-state index in [1.54, 1.807) is 41.8 Å². The van der Waals surface area contributed by atoms with Gasteiger partial charge < -0.3 is 45.5 Å². The molecule has 1 saturated heterocycles. The van der Waals surface area contributed by atoms with Crippen LogP contribution >= 0.6 is 27.3 Å². The van der Waals surface area contributed by atoms with E-state index in [4.69, 9.17) is 19.3 Å². The number of carbonyl (C=O) groups is 7. The third kappa shape index (κ3) is 10.0. The molecule has 0 spiro atoms. The Morgan fingerprint density at radius 1 is 1.01 bits per heavy atom. The number of aliphatic hydroxyl groups is 2. The van der Waals surface area contributed by atoms with Gasteiger partial charge in [-0.25, -0.2) is 9.78 Å². The van der Waals surface area contributed by atoms with Gasteiger partial charge in [-0.15, -0.1) is 11.3 Å². The van der Waals surface area contributed by atoms with E-state index in [1.807, 2.05) is 37.3 Å². The van der Waals surface area contributed by atoms with Crippen molar-refractivity contribution < 1.29 is 63.1 Å². The molecule has 3 saturated carbocycles. The van der Waals surface area contributed by atoms with Crippen LogP contribution in [0.5, 0.6) is 0 Å². The highest BCUT2D eigenvalue weighted by Crippen LogP contribution is 2.70. The molecule has 2 aromatic carbocycles. The number of rotatable bonds is 17. The van der Waals surface area contributed by atoms with Gasteiger partial charge in [0.1, 0.15) is 25.1 Å². The highest BCUT2D eigenvalue weighted by Gasteiger charge is 2.76. The van der Waals surface area contributed by atoms with Crippen LogP contribution in [-0.2, 0) is 56.0 Å². The van der Waals surface area contributed by atoms with Crippen LogP contribution in [-0.4, -0.2) is 104 Å². The first-order valence-electron chi connectivity index (χ1n) is 22.8. The number of Topliss-reactive ketones (excluding diaryl/α,β-unsaturated/α-hetero) is 1. The summed E-state index contributed by atoms with van der Waals surface area (Å²) in [6.45, 7) is 2.89. The molecule has 3 aromatic rings. The lowest BCUT2D eigenvalue weighted by Crippen LogP contribution is -2.63. The van der Waals surface area contributed by atoms with E-state index in [0.717, 1.165) is 29.0 Å². The summed E-state index contributed by atoms with van der Waals surface area (Å²) >= 11 is 4.32. The van der Waals surface area contributed by atoms with Crippen LogP contribution in [0.15, 0.2) is 77.7 Å². The Morgan fingerprint density at radius 3 is 2.46 bits per heavy atom. The van der Waals surface area contributed by atoms with Crippen LogP contribution in [0, 0.1) is 28.6 Å². The number of carboxylic acid groups (broad SMARTS) is 1. The molecule has 18 nitrogen and oxygen atoms in total. The molecule has 1 aliphatic heterocycles. The Bertz CT molecular complexity index is 2570. The van der Waals surface area contributed by atoms with Crippen molar-refractivity contribution in [1.29, 1.82) is 0 Å². The molecule has 0 radical (unpaired) electrons. The van der Waals surface area contributed by atoms with Crippen molar-refractivity contribution in [2.45, 2.75) is 95.5 Å². The van der Waals surface area contributed by atoms with E-state index in [0.29, 0.717) is 35.5 Å². The Hall–Kier alpha value is -5.64. The molecule has 4 fully saturated rings. The lowest BCUT2D eigenvalue weighted by atomic mass is 9.46. The zero-order valence-corrected chi connectivity index (χ0v) is 40.3. The summed E-state index contributed by atoms with van der Waals surface area (Å²) in [6.07, 6.45) is 4.46. The van der Waals surface area contributed by atoms with Gasteiger partial charge in [0.2, 0.25) is 17.7 Å². The maximum absolute atomic E-state index is 13.9. The zero-order chi connectivity index (χ0) is 49.3. The molecular weight excluding hydrogens is 979 g/mol. The first kappa shape index (κ1) is 49.8. The Labute approximate surface area is 409 Å². The number of allylic oxidation sites excluding steroid dienone is 4. The lowest BCUT2D eigenvalue weighted by Gasteiger charge is -2.59. The molecule has 69 heavy (non-hydrogen) atoms. The molecule has 5 aliphatic rings. The molecule has 4 amide bonds. The molecule has 1 aromatic heterocycles. The Morgan fingerprint density at radius 2 is 1.75 bits per heavy atom. The van der Waals surface area contributed by atoms with E-state index in [1.165, 1.54) is 11.3 Å². The van der Waals surface area contributed by atoms with Crippen LogP contribution < -0.4 is 21.3 Å². The third-order valence-corrected chi connectivity index (χ3v) is 16.0. The van der Waals surface area contributed by atoms with Crippen molar-refractivity contribution in [3.8, 4) is 0 Å². The number of aliphatic hydroxyl groups excluding tert-OH is 2. The van der Waals surface area contributed by atoms with Crippen LogP contribution in [0.25, 0.3) is 0 Å². The standard InChI is InChI=1S/C49H54BrN5O13S/c1-47-16-15-31(57)18-29(47)9-12-32-33-19-37-49(36(59)23-56,48(33,2)20-35(58)43(32)47)68-45(67-37)28-7-3-26(4-8-28)17-41-54-38(25-69-41)55-46(65)66-24-27-5-10-30(11-6-27)52-44(64)34(13-14-42(62)63)53-40(61)22-51-39(60)21-50/h3-8,10-11,15-16,18,25,32-35,37,43,45,56,58H,9,12-14,17,19-24H2,1-2H3,(H,51,60)(H,52,64)(H,53,61)(H,55,65)(H,62,63)/t32-,33-,34-,35-,37+,43+,45+,47-,48-,49+/m0/s1. The number of aliphatic carboxylic acids is 1. The fraction of sp³-hybridized carbons (Fsp3) is 0.469. The summed E-state index contributed by atoms with van der Waals surface area (Å²) in [5.41, 5.74) is 0.870. The van der Waals surface area contributed by atoms with E-state index in [9.17, 15) is 43.8 Å². The van der Waals surface area contributed by atoms with Crippen LogP contribution in [0.3, 0.4) is 0 Å². The zero-order valence-electron chi connectivity index (χ0n) is 37.9. The number of nitrogens with one attached hydrogen (secondary N) is 4. The predicted molar refractivity (Wildman–Crippen MR) is 253 cm³/mol. The summed E-state index contributed by atoms with van der Waals surface area (Å²) in [5, 5.41) is 43.9. The van der Waals surface area contributed by atoms with Gasteiger partial charge in [-0.1, -0.05) is 77.8 Å². The minimum absolute atomic E-state index is 0.0142. The molecule has 8 rings (SSSR count). The lowest BCUT2D eigenvalue weighted by molar-refractivity contribution is -0.201. The molecule has 20 heteroatoms. The minimum Gasteiger partial charge on any atom is -0.481 e. The number of aromatic nitrogens is 1. The van der Waals surface area contributed by atoms with Crippen LogP contribution in [0.2, 0.25) is 0 Å². The second-order valence-corrected chi connectivity index (χ2v) is 20.2. The van der Waals surface area contributed by atoms with Gasteiger partial charge in [0, 0.05) is 46.2 Å². The number of ether oxygens (including phenoxy) is 3. The second kappa shape index (κ2) is 20.4. The van der Waals surface area contributed by atoms with Crippen molar-refractivity contribution in [3.05, 3.63) is 99.4 Å². The molecule has 0 bridgehead atoms. The molecule has 4 aliphatic carbocycles. The topological polar surface area (TPSA) is 269 Å². The number of anilines is 2. The SMILES string of the molecule is C[C@]12C=CC(=O)C=C1CC[C@@H]1[C@@H]2[C@@H](O)C[C@@]2(C)[C@H]1C[C@H]1O[C@@H](c3ccc(Cc4nc(NC(=O)OCc5ccc(NC(=O)[C@H](CCC(=O)O)NC(=O)CNC(=O)CBr)cc5)cs4)cc3)O[C@]12C(=O)CO. The van der Waals surface area contributed by atoms with Gasteiger partial charge in [0.15, 0.2) is 23.5 Å². The summed E-state index contributed by atoms with van der Waals surface area (Å²) in [6, 6.07) is 12.8. The van der Waals surface area contributed by atoms with Gasteiger partial charge in [-0.05, 0) is 79.4 Å². The monoisotopic (exact) mass is 1030 g/mol. The highest BCUT2D eigenvalue weighted by atomic mass is 79.9. The number of fused-ring (bicyclic) bond motifs is 7. The number of carbonyl (C=O) groups excluding carboxylic acids is 6. The van der Waals surface area contributed by atoms with Gasteiger partial charge in [0.05, 0.1) is 29.1 Å². The number of benzene rings is 2. The molecular formula is C49H54BrN5O13S. The number of halogens is 1. The van der Waals surface area contributed by atoms with Crippen molar-refractivity contribution in [1.82, 2.24) is 15.6 Å². The van der Waals surface area contributed by atoms with Crippen molar-refractivity contribution >= 4 is 80.1 Å². The van der Waals surface area contributed by atoms with Crippen molar-refractivity contribution in [3.63, 3.8) is 0 Å². The number of amides is 4. The largest absolute Gasteiger partial charge is 0.481 e. The summed E-state index contributed by atoms with van der Waals surface area (Å²) in [5.74, 6) is -3.18. The van der Waals surface area contributed by atoms with Gasteiger partial charge >= 0.3 is 12.1 Å². The quantitative estimate of drug-likeness (QED) is 0.0889. The first-order valence-corrected chi connectivity index (χ1v) is 24.8. The molecule has 366 valence electrons. The highest BCUT2D eigenvalue weighted by molar-refractivity contribution is 9.09. The molecule has 2 heterocycles. The number of alkyl halides is 1. The maximum atomic E-state index is 13.9. The number of nitrogens with zero attached hydrogens (tertiary/aromatic N) is 1. The summed E-state index contributed by atoms with van der Waals surface area (Å²) in [4.78, 5) is 91.3. The number of thiazole rings is 1. The fourth-order valence-corrected chi connectivity index (χ4v) is 12.4.